The monoisotopic (exact) mass is 152 g/mol. The van der Waals surface area contributed by atoms with Gasteiger partial charge in [-0.3, -0.25) is 4.79 Å². The van der Waals surface area contributed by atoms with Gasteiger partial charge in [0.1, 0.15) is 0 Å². The highest BCUT2D eigenvalue weighted by atomic mass is 19.3. The number of carbonyl (C=O) groups excluding carboxylic acids is 1. The lowest BCUT2D eigenvalue weighted by Crippen LogP contribution is -2.15. The lowest BCUT2D eigenvalue weighted by Gasteiger charge is -2.08. The second kappa shape index (κ2) is 4.19. The average Bonchev–Trinajstić information content (AvgIpc) is 1.82. The zero-order valence-electron chi connectivity index (χ0n) is 5.93. The van der Waals surface area contributed by atoms with E-state index in [1.54, 1.807) is 0 Å². The molecule has 0 amide bonds. The first-order chi connectivity index (χ1) is 4.54. The van der Waals surface area contributed by atoms with Gasteiger partial charge in [0, 0.05) is 6.92 Å². The smallest absolute Gasteiger partial charge is 0.302 e. The van der Waals surface area contributed by atoms with Gasteiger partial charge < -0.3 is 4.74 Å². The number of carbonyl (C=O) groups is 1. The molecule has 10 heavy (non-hydrogen) atoms. The summed E-state index contributed by atoms with van der Waals surface area (Å²) in [6.07, 6.45) is -2.42. The van der Waals surface area contributed by atoms with Crippen molar-refractivity contribution in [3.8, 4) is 0 Å². The zero-order chi connectivity index (χ0) is 8.15. The summed E-state index contributed by atoms with van der Waals surface area (Å²) in [6.45, 7) is 2.32. The van der Waals surface area contributed by atoms with E-state index < -0.39 is 18.3 Å². The van der Waals surface area contributed by atoms with Crippen LogP contribution >= 0.6 is 0 Å². The fourth-order valence-corrected chi connectivity index (χ4v) is 0.322. The highest BCUT2D eigenvalue weighted by Gasteiger charge is 2.15. The molecule has 0 spiro atoms. The van der Waals surface area contributed by atoms with Crippen LogP contribution in [0.5, 0.6) is 0 Å². The Morgan fingerprint density at radius 2 is 2.10 bits per heavy atom. The van der Waals surface area contributed by atoms with E-state index in [2.05, 4.69) is 4.74 Å². The van der Waals surface area contributed by atoms with Crippen LogP contribution < -0.4 is 0 Å². The first-order valence-corrected chi connectivity index (χ1v) is 2.95. The molecular weight excluding hydrogens is 142 g/mol. The number of halogens is 2. The normalized spacial score (nSPS) is 13.3. The second-order valence-corrected chi connectivity index (χ2v) is 2.11. The Morgan fingerprint density at radius 3 is 2.40 bits per heavy atom. The second-order valence-electron chi connectivity index (χ2n) is 2.11. The van der Waals surface area contributed by atoms with E-state index in [0.717, 1.165) is 0 Å². The SMILES string of the molecule is CC(=O)OCC(C)C(F)F. The van der Waals surface area contributed by atoms with E-state index in [9.17, 15) is 13.6 Å². The maximum absolute atomic E-state index is 11.7. The van der Waals surface area contributed by atoms with Crippen molar-refractivity contribution in [2.75, 3.05) is 6.61 Å². The van der Waals surface area contributed by atoms with Crippen LogP contribution in [0, 0.1) is 5.92 Å². The molecule has 0 rings (SSSR count). The Bertz CT molecular complexity index is 114. The third kappa shape index (κ3) is 4.23. The molecule has 0 aliphatic rings. The fourth-order valence-electron chi connectivity index (χ4n) is 0.322. The van der Waals surface area contributed by atoms with Crippen molar-refractivity contribution in [2.24, 2.45) is 5.92 Å². The molecule has 0 N–H and O–H groups in total. The maximum atomic E-state index is 11.7. The van der Waals surface area contributed by atoms with Gasteiger partial charge in [-0.05, 0) is 0 Å². The molecule has 0 aromatic carbocycles. The molecule has 0 saturated heterocycles. The minimum Gasteiger partial charge on any atom is -0.465 e. The Hall–Kier alpha value is -0.670. The Balaban J connectivity index is 3.39. The predicted molar refractivity (Wildman–Crippen MR) is 31.8 cm³/mol. The summed E-state index contributed by atoms with van der Waals surface area (Å²) < 4.78 is 27.7. The quantitative estimate of drug-likeness (QED) is 0.572. The summed E-state index contributed by atoms with van der Waals surface area (Å²) in [4.78, 5) is 10.1. The van der Waals surface area contributed by atoms with Gasteiger partial charge in [-0.25, -0.2) is 8.78 Å². The summed E-state index contributed by atoms with van der Waals surface area (Å²) >= 11 is 0. The van der Waals surface area contributed by atoms with Gasteiger partial charge >= 0.3 is 5.97 Å². The summed E-state index contributed by atoms with van der Waals surface area (Å²) in [7, 11) is 0. The lowest BCUT2D eigenvalue weighted by molar-refractivity contribution is -0.143. The maximum Gasteiger partial charge on any atom is 0.302 e. The highest BCUT2D eigenvalue weighted by molar-refractivity contribution is 5.65. The van der Waals surface area contributed by atoms with Crippen LogP contribution in [0.3, 0.4) is 0 Å². The van der Waals surface area contributed by atoms with Crippen molar-refractivity contribution in [2.45, 2.75) is 20.3 Å². The van der Waals surface area contributed by atoms with E-state index in [0.29, 0.717) is 0 Å². The summed E-state index contributed by atoms with van der Waals surface area (Å²) in [5, 5.41) is 0. The van der Waals surface area contributed by atoms with E-state index in [1.807, 2.05) is 0 Å². The molecule has 60 valence electrons. The number of esters is 1. The van der Waals surface area contributed by atoms with Crippen molar-refractivity contribution in [1.82, 2.24) is 0 Å². The van der Waals surface area contributed by atoms with E-state index in [-0.39, 0.29) is 6.61 Å². The summed E-state index contributed by atoms with van der Waals surface area (Å²) in [6, 6.07) is 0. The fraction of sp³-hybridized carbons (Fsp3) is 0.833. The molecule has 1 atom stereocenters. The van der Waals surface area contributed by atoms with Crippen molar-refractivity contribution in [3.05, 3.63) is 0 Å². The van der Waals surface area contributed by atoms with Crippen LogP contribution in [0.4, 0.5) is 8.78 Å². The van der Waals surface area contributed by atoms with Gasteiger partial charge in [0.2, 0.25) is 6.43 Å². The zero-order valence-corrected chi connectivity index (χ0v) is 5.93. The number of alkyl halides is 2. The van der Waals surface area contributed by atoms with Gasteiger partial charge in [-0.1, -0.05) is 6.92 Å². The molecule has 0 heterocycles. The number of hydrogen-bond donors (Lipinski definition) is 0. The first-order valence-electron chi connectivity index (χ1n) is 2.95. The first kappa shape index (κ1) is 9.33. The molecular formula is C6H10F2O2. The number of ether oxygens (including phenoxy) is 1. The Kier molecular flexibility index (Phi) is 3.91. The molecule has 0 bridgehead atoms. The van der Waals surface area contributed by atoms with Crippen LogP contribution in [0.1, 0.15) is 13.8 Å². The average molecular weight is 152 g/mol. The van der Waals surface area contributed by atoms with Gasteiger partial charge in [0.15, 0.2) is 0 Å². The summed E-state index contributed by atoms with van der Waals surface area (Å²) in [5.74, 6) is -1.39. The van der Waals surface area contributed by atoms with Crippen LogP contribution in [0.2, 0.25) is 0 Å². The number of rotatable bonds is 3. The molecule has 0 fully saturated rings. The molecule has 0 saturated carbocycles. The van der Waals surface area contributed by atoms with Crippen molar-refractivity contribution in [1.29, 1.82) is 0 Å². The van der Waals surface area contributed by atoms with Gasteiger partial charge in [-0.2, -0.15) is 0 Å². The van der Waals surface area contributed by atoms with Crippen LogP contribution in [0.25, 0.3) is 0 Å². The Labute approximate surface area is 58.2 Å². The molecule has 4 heteroatoms. The number of hydrogen-bond acceptors (Lipinski definition) is 2. The molecule has 0 aromatic heterocycles. The molecule has 2 nitrogen and oxygen atoms in total. The van der Waals surface area contributed by atoms with Gasteiger partial charge in [-0.15, -0.1) is 0 Å². The van der Waals surface area contributed by atoms with E-state index >= 15 is 0 Å². The molecule has 0 aliphatic heterocycles. The minimum absolute atomic E-state index is 0.201. The van der Waals surface area contributed by atoms with E-state index in [4.69, 9.17) is 0 Å². The van der Waals surface area contributed by atoms with E-state index in [1.165, 1.54) is 13.8 Å². The van der Waals surface area contributed by atoms with Crippen LogP contribution in [-0.4, -0.2) is 19.0 Å². The standard InChI is InChI=1S/C6H10F2O2/c1-4(6(7)8)3-10-5(2)9/h4,6H,3H2,1-2H3. The van der Waals surface area contributed by atoms with Gasteiger partial charge in [0.05, 0.1) is 12.5 Å². The topological polar surface area (TPSA) is 26.3 Å². The molecule has 0 aromatic rings. The van der Waals surface area contributed by atoms with Crippen LogP contribution in [0.15, 0.2) is 0 Å². The third-order valence-electron chi connectivity index (χ3n) is 0.980. The molecule has 1 unspecified atom stereocenters. The predicted octanol–water partition coefficient (Wildman–Crippen LogP) is 1.45. The van der Waals surface area contributed by atoms with Gasteiger partial charge in [0.25, 0.3) is 0 Å². The Morgan fingerprint density at radius 1 is 1.60 bits per heavy atom. The molecule has 0 aliphatic carbocycles. The van der Waals surface area contributed by atoms with Crippen molar-refractivity contribution in [3.63, 3.8) is 0 Å². The van der Waals surface area contributed by atoms with Crippen LogP contribution in [-0.2, 0) is 9.53 Å². The minimum atomic E-state index is -2.42. The molecule has 0 radical (unpaired) electrons. The highest BCUT2D eigenvalue weighted by Crippen LogP contribution is 2.08. The van der Waals surface area contributed by atoms with Crippen molar-refractivity contribution < 1.29 is 18.3 Å². The third-order valence-corrected chi connectivity index (χ3v) is 0.980. The lowest BCUT2D eigenvalue weighted by atomic mass is 10.2. The van der Waals surface area contributed by atoms with Crippen molar-refractivity contribution >= 4 is 5.97 Å². The largest absolute Gasteiger partial charge is 0.465 e. The summed E-state index contributed by atoms with van der Waals surface area (Å²) in [5.41, 5.74) is 0.